The van der Waals surface area contributed by atoms with Crippen LogP contribution in [-0.4, -0.2) is 82.4 Å². The number of ketones is 4. The van der Waals surface area contributed by atoms with Gasteiger partial charge >= 0.3 is 0 Å². The minimum Gasteiger partial charge on any atom is -0.386 e. The summed E-state index contributed by atoms with van der Waals surface area (Å²) in [6, 6.07) is 0. The van der Waals surface area contributed by atoms with E-state index in [-0.39, 0.29) is 0 Å². The first kappa shape index (κ1) is 23.6. The second-order valence-electron chi connectivity index (χ2n) is 5.63. The molecule has 0 aliphatic rings. The third kappa shape index (κ3) is 3.23. The minimum absolute atomic E-state index is 0.518. The number of Topliss-reactive ketones (excluding diaryl/α,β-unsaturated/α-hetero) is 4. The lowest BCUT2D eigenvalue weighted by Gasteiger charge is -2.49. The molecule has 0 aliphatic heterocycles. The van der Waals surface area contributed by atoms with Gasteiger partial charge in [0.2, 0.25) is 15.9 Å². The average molecular weight is 427 g/mol. The summed E-state index contributed by atoms with van der Waals surface area (Å²) in [5, 5.41) is 51.5. The van der Waals surface area contributed by atoms with Crippen molar-refractivity contribution in [2.24, 2.45) is 0 Å². The summed E-state index contributed by atoms with van der Waals surface area (Å²) in [7, 11) is 0. The molecule has 25 heavy (non-hydrogen) atoms. The smallest absolute Gasteiger partial charge is 0.240 e. The van der Waals surface area contributed by atoms with Crippen molar-refractivity contribution in [1.29, 1.82) is 0 Å². The molecule has 0 saturated carbocycles. The summed E-state index contributed by atoms with van der Waals surface area (Å²) in [5.41, 5.74) is -11.4. The number of hydrogen-bond acceptors (Lipinski definition) is 10. The highest BCUT2D eigenvalue weighted by molar-refractivity contribution is 9.18. The van der Waals surface area contributed by atoms with Gasteiger partial charge < -0.3 is 25.5 Å². The molecule has 0 aromatic carbocycles. The van der Waals surface area contributed by atoms with Gasteiger partial charge in [0, 0.05) is 0 Å². The minimum atomic E-state index is -3.92. The number of hydrogen-bond donors (Lipinski definition) is 5. The van der Waals surface area contributed by atoms with Gasteiger partial charge in [-0.15, -0.1) is 0 Å². The van der Waals surface area contributed by atoms with E-state index in [0.29, 0.717) is 20.8 Å². The van der Waals surface area contributed by atoms with E-state index in [1.54, 1.807) is 0 Å². The van der Waals surface area contributed by atoms with Crippen molar-refractivity contribution >= 4 is 43.8 Å². The van der Waals surface area contributed by atoms with E-state index in [2.05, 4.69) is 15.9 Å². The highest BCUT2D eigenvalue weighted by atomic mass is 79.9. The molecular formula is C14H19BrO10. The van der Waals surface area contributed by atoms with E-state index < -0.39 is 56.8 Å². The lowest BCUT2D eigenvalue weighted by atomic mass is 9.62. The van der Waals surface area contributed by atoms with Gasteiger partial charge in [0.15, 0.2) is 28.7 Å². The Labute approximate surface area is 150 Å². The van der Waals surface area contributed by atoms with Crippen LogP contribution in [0.2, 0.25) is 0 Å². The molecule has 0 rings (SSSR count). The predicted octanol–water partition coefficient (Wildman–Crippen LogP) is -2.82. The van der Waals surface area contributed by atoms with Crippen molar-refractivity contribution in [2.45, 2.75) is 56.7 Å². The normalized spacial score (nSPS) is 21.0. The Bertz CT molecular complexity index is 615. The van der Waals surface area contributed by atoms with Crippen molar-refractivity contribution in [2.75, 3.05) is 0 Å². The molecule has 5 N–H and O–H groups in total. The topological polar surface area (TPSA) is 186 Å². The molecule has 0 aromatic heterocycles. The van der Waals surface area contributed by atoms with Gasteiger partial charge in [0.25, 0.3) is 0 Å². The van der Waals surface area contributed by atoms with Crippen LogP contribution >= 0.6 is 15.9 Å². The van der Waals surface area contributed by atoms with Crippen LogP contribution in [0.5, 0.6) is 0 Å². The number of carbonyl (C=O) groups is 5. The quantitative estimate of drug-likeness (QED) is 0.190. The van der Waals surface area contributed by atoms with Crippen molar-refractivity contribution in [3.63, 3.8) is 0 Å². The molecule has 0 aliphatic carbocycles. The Morgan fingerprint density at radius 3 is 1.40 bits per heavy atom. The zero-order valence-electron chi connectivity index (χ0n) is 13.8. The number of halogens is 1. The van der Waals surface area contributed by atoms with Crippen LogP contribution in [0.3, 0.4) is 0 Å². The summed E-state index contributed by atoms with van der Waals surface area (Å²) in [4.78, 5) is 58.9. The zero-order valence-corrected chi connectivity index (χ0v) is 15.4. The van der Waals surface area contributed by atoms with Gasteiger partial charge in [0.05, 0.1) is 0 Å². The van der Waals surface area contributed by atoms with Crippen LogP contribution in [-0.2, 0) is 24.0 Å². The van der Waals surface area contributed by atoms with Crippen LogP contribution in [0, 0.1) is 0 Å². The van der Waals surface area contributed by atoms with Crippen molar-refractivity contribution in [3.05, 3.63) is 0 Å². The summed E-state index contributed by atoms with van der Waals surface area (Å²) in [6.07, 6.45) is -5.34. The Morgan fingerprint density at radius 1 is 0.800 bits per heavy atom. The first-order valence-corrected chi connectivity index (χ1v) is 7.60. The summed E-state index contributed by atoms with van der Waals surface area (Å²) < 4.78 is -1.70. The molecule has 0 bridgehead atoms. The predicted molar refractivity (Wildman–Crippen MR) is 83.5 cm³/mol. The lowest BCUT2D eigenvalue weighted by molar-refractivity contribution is -0.249. The van der Waals surface area contributed by atoms with E-state index in [1.807, 2.05) is 0 Å². The zero-order chi connectivity index (χ0) is 20.5. The summed E-state index contributed by atoms with van der Waals surface area (Å²) in [5.74, 6) is -6.00. The number of rotatable bonds is 9. The largest absolute Gasteiger partial charge is 0.386 e. The first-order chi connectivity index (χ1) is 11.0. The standard InChI is InChI=1S/C14H19BrO10/c1-5(16)9(20)10(21)12(23,6(2)17)14(25,8(4)19)13(24,7(3)18)11(15)22/h9-10,20-21,23-25H,1-4H3. The molecule has 0 heterocycles. The lowest BCUT2D eigenvalue weighted by Crippen LogP contribution is -2.81. The Hall–Kier alpha value is -1.37. The number of aliphatic hydroxyl groups excluding tert-OH is 2. The third-order valence-electron chi connectivity index (χ3n) is 4.06. The number of aliphatic hydroxyl groups is 5. The maximum absolute atomic E-state index is 12.0. The van der Waals surface area contributed by atoms with Crippen LogP contribution in [0.1, 0.15) is 27.7 Å². The highest BCUT2D eigenvalue weighted by Gasteiger charge is 2.75. The Morgan fingerprint density at radius 2 is 1.20 bits per heavy atom. The molecule has 0 radical (unpaired) electrons. The van der Waals surface area contributed by atoms with E-state index >= 15 is 0 Å². The van der Waals surface area contributed by atoms with Gasteiger partial charge in [-0.1, -0.05) is 0 Å². The van der Waals surface area contributed by atoms with Gasteiger partial charge in [-0.3, -0.25) is 24.0 Å². The van der Waals surface area contributed by atoms with Gasteiger partial charge in [0.1, 0.15) is 12.2 Å². The van der Waals surface area contributed by atoms with E-state index in [4.69, 9.17) is 0 Å². The molecule has 0 spiro atoms. The molecule has 0 fully saturated rings. The van der Waals surface area contributed by atoms with E-state index in [9.17, 15) is 49.5 Å². The van der Waals surface area contributed by atoms with Crippen LogP contribution in [0.25, 0.3) is 0 Å². The molecule has 5 atom stereocenters. The molecule has 5 unspecified atom stereocenters. The SMILES string of the molecule is CC(=O)C(O)C(O)C(O)(C(C)=O)C(O)(C(C)=O)C(O)(C(C)=O)C(=O)Br. The third-order valence-corrected chi connectivity index (χ3v) is 4.63. The van der Waals surface area contributed by atoms with Crippen molar-refractivity contribution < 1.29 is 49.5 Å². The first-order valence-electron chi connectivity index (χ1n) is 6.81. The van der Waals surface area contributed by atoms with Gasteiger partial charge in [-0.25, -0.2) is 0 Å². The van der Waals surface area contributed by atoms with E-state index in [0.717, 1.165) is 6.92 Å². The molecule has 11 heteroatoms. The molecule has 0 aromatic rings. The molecule has 0 amide bonds. The molecular weight excluding hydrogens is 408 g/mol. The fraction of sp³-hybridized carbons (Fsp3) is 0.643. The monoisotopic (exact) mass is 426 g/mol. The number of carbonyl (C=O) groups excluding carboxylic acids is 5. The highest BCUT2D eigenvalue weighted by Crippen LogP contribution is 2.41. The average Bonchev–Trinajstić information content (AvgIpc) is 2.49. The molecule has 142 valence electrons. The fourth-order valence-corrected chi connectivity index (χ4v) is 3.03. The van der Waals surface area contributed by atoms with Gasteiger partial charge in [-0.05, 0) is 43.6 Å². The second kappa shape index (κ2) is 7.48. The molecule has 10 nitrogen and oxygen atoms in total. The summed E-state index contributed by atoms with van der Waals surface area (Å²) in [6.45, 7) is 2.39. The summed E-state index contributed by atoms with van der Waals surface area (Å²) >= 11 is 2.20. The van der Waals surface area contributed by atoms with Gasteiger partial charge in [-0.2, -0.15) is 0 Å². The van der Waals surface area contributed by atoms with Crippen LogP contribution < -0.4 is 0 Å². The Balaban J connectivity index is 7.06. The fourth-order valence-electron chi connectivity index (χ4n) is 2.46. The van der Waals surface area contributed by atoms with Crippen LogP contribution in [0.4, 0.5) is 0 Å². The Kier molecular flexibility index (Phi) is 7.07. The van der Waals surface area contributed by atoms with Crippen LogP contribution in [0.15, 0.2) is 0 Å². The van der Waals surface area contributed by atoms with Crippen molar-refractivity contribution in [3.8, 4) is 0 Å². The van der Waals surface area contributed by atoms with Crippen molar-refractivity contribution in [1.82, 2.24) is 0 Å². The maximum atomic E-state index is 12.0. The molecule has 0 saturated heterocycles. The second-order valence-corrected chi connectivity index (χ2v) is 6.35. The van der Waals surface area contributed by atoms with E-state index in [1.165, 1.54) is 0 Å². The maximum Gasteiger partial charge on any atom is 0.240 e.